The Hall–Kier alpha value is -0.120. The molecule has 0 rings (SSSR count). The van der Waals surface area contributed by atoms with Gasteiger partial charge in [0.15, 0.2) is 0 Å². The summed E-state index contributed by atoms with van der Waals surface area (Å²) in [6.07, 6.45) is -0.241. The summed E-state index contributed by atoms with van der Waals surface area (Å²) in [6, 6.07) is 0. The highest BCUT2D eigenvalue weighted by Crippen LogP contribution is 1.99. The van der Waals surface area contributed by atoms with Crippen LogP contribution in [0.3, 0.4) is 0 Å². The van der Waals surface area contributed by atoms with Gasteiger partial charge in [0.05, 0.1) is 12.7 Å². The molecule has 0 aromatic heterocycles. The van der Waals surface area contributed by atoms with Gasteiger partial charge in [-0.15, -0.1) is 0 Å². The molecule has 56 valence electrons. The molecule has 0 radical (unpaired) electrons. The zero-order valence-corrected chi connectivity index (χ0v) is 6.13. The predicted molar refractivity (Wildman–Crippen MR) is 34.4 cm³/mol. The summed E-state index contributed by atoms with van der Waals surface area (Å²) in [5.41, 5.74) is 0. The molecule has 0 aliphatic heterocycles. The summed E-state index contributed by atoms with van der Waals surface area (Å²) < 4.78 is 9.79. The van der Waals surface area contributed by atoms with Crippen molar-refractivity contribution in [3.8, 4) is 0 Å². The van der Waals surface area contributed by atoms with Crippen LogP contribution in [0.4, 0.5) is 0 Å². The van der Waals surface area contributed by atoms with E-state index >= 15 is 0 Å². The maximum atomic E-state index is 8.62. The van der Waals surface area contributed by atoms with Crippen molar-refractivity contribution >= 4 is 0 Å². The molecule has 0 aliphatic carbocycles. The molecular weight excluding hydrogens is 120 g/mol. The Balaban J connectivity index is 3.50. The van der Waals surface area contributed by atoms with Gasteiger partial charge >= 0.3 is 0 Å². The van der Waals surface area contributed by atoms with Crippen molar-refractivity contribution in [2.75, 3.05) is 20.8 Å². The summed E-state index contributed by atoms with van der Waals surface area (Å²) in [5.74, 6) is 0. The molecule has 0 spiro atoms. The predicted octanol–water partition coefficient (Wildman–Crippen LogP) is 0.0286. The van der Waals surface area contributed by atoms with Gasteiger partial charge in [0.2, 0.25) is 0 Å². The van der Waals surface area contributed by atoms with Crippen LogP contribution >= 0.6 is 0 Å². The minimum atomic E-state index is -0.199. The Morgan fingerprint density at radius 3 is 2.00 bits per heavy atom. The van der Waals surface area contributed by atoms with Crippen LogP contribution in [-0.2, 0) is 9.47 Å². The van der Waals surface area contributed by atoms with E-state index in [0.29, 0.717) is 0 Å². The zero-order chi connectivity index (χ0) is 7.28. The third-order valence-electron chi connectivity index (χ3n) is 1.38. The number of methoxy groups -OCH3 is 2. The van der Waals surface area contributed by atoms with Crippen LogP contribution in [0.15, 0.2) is 0 Å². The van der Waals surface area contributed by atoms with E-state index in [9.17, 15) is 0 Å². The molecule has 1 N–H and O–H groups in total. The maximum Gasteiger partial charge on any atom is 0.106 e. The zero-order valence-electron chi connectivity index (χ0n) is 6.13. The number of ether oxygens (including phenoxy) is 2. The molecule has 0 aromatic carbocycles. The van der Waals surface area contributed by atoms with Crippen molar-refractivity contribution in [3.63, 3.8) is 0 Å². The summed E-state index contributed by atoms with van der Waals surface area (Å²) >= 11 is 0. The Labute approximate surface area is 55.6 Å². The molecule has 0 aliphatic rings. The number of aliphatic hydroxyl groups excluding tert-OH is 1. The van der Waals surface area contributed by atoms with Crippen LogP contribution in [0.1, 0.15) is 6.92 Å². The average molecular weight is 134 g/mol. The van der Waals surface area contributed by atoms with Crippen LogP contribution in [0, 0.1) is 0 Å². The van der Waals surface area contributed by atoms with Crippen molar-refractivity contribution in [2.45, 2.75) is 19.1 Å². The molecule has 3 heteroatoms. The van der Waals surface area contributed by atoms with Gasteiger partial charge in [0.25, 0.3) is 0 Å². The fourth-order valence-corrected chi connectivity index (χ4v) is 0.566. The minimum absolute atomic E-state index is 0.00546. The molecule has 9 heavy (non-hydrogen) atoms. The van der Waals surface area contributed by atoms with Crippen molar-refractivity contribution < 1.29 is 14.6 Å². The first-order valence-corrected chi connectivity index (χ1v) is 2.92. The quantitative estimate of drug-likeness (QED) is 0.589. The van der Waals surface area contributed by atoms with E-state index in [1.54, 1.807) is 14.2 Å². The van der Waals surface area contributed by atoms with Gasteiger partial charge in [-0.2, -0.15) is 0 Å². The first kappa shape index (κ1) is 8.88. The summed E-state index contributed by atoms with van der Waals surface area (Å²) in [7, 11) is 3.14. The standard InChI is InChI=1S/C6H14O3/c1-5(8-2)6(4-7)9-3/h5-7H,4H2,1-3H3. The van der Waals surface area contributed by atoms with Crippen LogP contribution in [0.5, 0.6) is 0 Å². The first-order valence-electron chi connectivity index (χ1n) is 2.92. The highest BCUT2D eigenvalue weighted by molar-refractivity contribution is 4.62. The van der Waals surface area contributed by atoms with E-state index in [2.05, 4.69) is 0 Å². The lowest BCUT2D eigenvalue weighted by atomic mass is 10.2. The number of aliphatic hydroxyl groups is 1. The molecular formula is C6H14O3. The topological polar surface area (TPSA) is 38.7 Å². The Kier molecular flexibility index (Phi) is 4.67. The van der Waals surface area contributed by atoms with E-state index in [4.69, 9.17) is 14.6 Å². The molecule has 0 bridgehead atoms. The normalized spacial score (nSPS) is 17.3. The van der Waals surface area contributed by atoms with E-state index in [1.807, 2.05) is 6.92 Å². The molecule has 0 amide bonds. The second-order valence-corrected chi connectivity index (χ2v) is 1.90. The van der Waals surface area contributed by atoms with Crippen LogP contribution in [0.2, 0.25) is 0 Å². The van der Waals surface area contributed by atoms with Crippen molar-refractivity contribution in [1.29, 1.82) is 0 Å². The molecule has 0 aromatic rings. The summed E-state index contributed by atoms with van der Waals surface area (Å²) in [4.78, 5) is 0. The van der Waals surface area contributed by atoms with Crippen LogP contribution < -0.4 is 0 Å². The van der Waals surface area contributed by atoms with Gasteiger partial charge in [0.1, 0.15) is 6.10 Å². The van der Waals surface area contributed by atoms with Gasteiger partial charge in [-0.05, 0) is 6.92 Å². The van der Waals surface area contributed by atoms with Gasteiger partial charge in [-0.1, -0.05) is 0 Å². The van der Waals surface area contributed by atoms with Crippen LogP contribution in [-0.4, -0.2) is 38.1 Å². The highest BCUT2D eigenvalue weighted by Gasteiger charge is 2.13. The molecule has 3 nitrogen and oxygen atoms in total. The molecule has 0 heterocycles. The number of rotatable bonds is 4. The molecule has 0 fully saturated rings. The molecule has 0 saturated carbocycles. The van der Waals surface area contributed by atoms with Gasteiger partial charge in [-0.25, -0.2) is 0 Å². The third-order valence-corrected chi connectivity index (χ3v) is 1.38. The molecule has 0 saturated heterocycles. The first-order chi connectivity index (χ1) is 4.26. The second kappa shape index (κ2) is 4.73. The van der Waals surface area contributed by atoms with E-state index in [-0.39, 0.29) is 18.8 Å². The van der Waals surface area contributed by atoms with Gasteiger partial charge in [0, 0.05) is 14.2 Å². The fourth-order valence-electron chi connectivity index (χ4n) is 0.566. The number of hydrogen-bond acceptors (Lipinski definition) is 3. The second-order valence-electron chi connectivity index (χ2n) is 1.90. The lowest BCUT2D eigenvalue weighted by Crippen LogP contribution is -2.30. The summed E-state index contributed by atoms with van der Waals surface area (Å²) in [6.45, 7) is 1.86. The van der Waals surface area contributed by atoms with Crippen molar-refractivity contribution in [2.24, 2.45) is 0 Å². The maximum absolute atomic E-state index is 8.62. The van der Waals surface area contributed by atoms with E-state index < -0.39 is 0 Å². The Morgan fingerprint density at radius 2 is 1.89 bits per heavy atom. The largest absolute Gasteiger partial charge is 0.394 e. The fraction of sp³-hybridized carbons (Fsp3) is 1.00. The van der Waals surface area contributed by atoms with Gasteiger partial charge in [-0.3, -0.25) is 0 Å². The molecule has 2 atom stereocenters. The van der Waals surface area contributed by atoms with Crippen molar-refractivity contribution in [3.05, 3.63) is 0 Å². The average Bonchev–Trinajstić information content (AvgIpc) is 1.90. The minimum Gasteiger partial charge on any atom is -0.394 e. The lowest BCUT2D eigenvalue weighted by molar-refractivity contribution is -0.0511. The number of hydrogen-bond donors (Lipinski definition) is 1. The molecule has 2 unspecified atom stereocenters. The SMILES string of the molecule is COC(C)C(CO)OC. The van der Waals surface area contributed by atoms with Crippen LogP contribution in [0.25, 0.3) is 0 Å². The van der Waals surface area contributed by atoms with E-state index in [1.165, 1.54) is 0 Å². The Bertz CT molecular complexity index is 61.3. The van der Waals surface area contributed by atoms with Crippen molar-refractivity contribution in [1.82, 2.24) is 0 Å². The monoisotopic (exact) mass is 134 g/mol. The smallest absolute Gasteiger partial charge is 0.106 e. The summed E-state index contributed by atoms with van der Waals surface area (Å²) in [5, 5.41) is 8.62. The third kappa shape index (κ3) is 2.79. The lowest BCUT2D eigenvalue weighted by Gasteiger charge is -2.18. The van der Waals surface area contributed by atoms with E-state index in [0.717, 1.165) is 0 Å². The van der Waals surface area contributed by atoms with Gasteiger partial charge < -0.3 is 14.6 Å². The highest BCUT2D eigenvalue weighted by atomic mass is 16.5. The Morgan fingerprint density at radius 1 is 1.33 bits per heavy atom.